The molecule has 3 nitrogen and oxygen atoms in total. The first kappa shape index (κ1) is 10.8. The second-order valence-electron chi connectivity index (χ2n) is 4.40. The van der Waals surface area contributed by atoms with Gasteiger partial charge in [-0.15, -0.1) is 0 Å². The first-order valence-corrected chi connectivity index (χ1v) is 6.07. The van der Waals surface area contributed by atoms with E-state index in [0.29, 0.717) is 17.0 Å². The predicted molar refractivity (Wildman–Crippen MR) is 69.6 cm³/mol. The third-order valence-corrected chi connectivity index (χ3v) is 3.67. The number of aromatic nitrogens is 1. The van der Waals surface area contributed by atoms with Gasteiger partial charge in [0, 0.05) is 48.2 Å². The van der Waals surface area contributed by atoms with Crippen LogP contribution >= 0.6 is 11.6 Å². The number of nitrogens with one attached hydrogen (secondary N) is 1. The molecule has 0 saturated carbocycles. The summed E-state index contributed by atoms with van der Waals surface area (Å²) < 4.78 is 2.11. The van der Waals surface area contributed by atoms with Crippen molar-refractivity contribution in [1.29, 1.82) is 0 Å². The van der Waals surface area contributed by atoms with E-state index < -0.39 is 0 Å². The molecule has 17 heavy (non-hydrogen) atoms. The summed E-state index contributed by atoms with van der Waals surface area (Å²) in [4.78, 5) is 12.4. The average molecular weight is 249 g/mol. The Morgan fingerprint density at radius 2 is 2.24 bits per heavy atom. The molecule has 4 heteroatoms. The van der Waals surface area contributed by atoms with Crippen molar-refractivity contribution < 1.29 is 0 Å². The summed E-state index contributed by atoms with van der Waals surface area (Å²) >= 11 is 5.96. The van der Waals surface area contributed by atoms with Crippen LogP contribution in [0.3, 0.4) is 0 Å². The predicted octanol–water partition coefficient (Wildman–Crippen LogP) is 1.84. The van der Waals surface area contributed by atoms with E-state index in [1.54, 1.807) is 6.07 Å². The van der Waals surface area contributed by atoms with Crippen LogP contribution in [0.4, 0.5) is 0 Å². The highest BCUT2D eigenvalue weighted by Crippen LogP contribution is 2.20. The van der Waals surface area contributed by atoms with Crippen LogP contribution in [0.1, 0.15) is 11.3 Å². The van der Waals surface area contributed by atoms with E-state index in [0.717, 1.165) is 29.7 Å². The molecule has 0 spiro atoms. The third-order valence-electron chi connectivity index (χ3n) is 3.43. The molecule has 0 fully saturated rings. The smallest absolute Gasteiger partial charge is 0.194 e. The number of fused-ring (bicyclic) bond motifs is 2. The van der Waals surface area contributed by atoms with Gasteiger partial charge in [0.05, 0.1) is 5.52 Å². The summed E-state index contributed by atoms with van der Waals surface area (Å²) in [5.74, 6) is 0. The SMILES string of the molecule is Cn1c2c(c(=O)c3cc(Cl)ccc31)CNCC2. The molecule has 2 heterocycles. The molecule has 0 saturated heterocycles. The zero-order valence-electron chi connectivity index (χ0n) is 9.59. The summed E-state index contributed by atoms with van der Waals surface area (Å²) in [7, 11) is 2.01. The minimum atomic E-state index is 0.114. The molecule has 0 unspecified atom stereocenters. The van der Waals surface area contributed by atoms with Gasteiger partial charge in [0.2, 0.25) is 0 Å². The molecule has 1 aromatic heterocycles. The normalized spacial score (nSPS) is 14.9. The van der Waals surface area contributed by atoms with Crippen molar-refractivity contribution in [3.63, 3.8) is 0 Å². The summed E-state index contributed by atoms with van der Waals surface area (Å²) in [5.41, 5.74) is 3.10. The van der Waals surface area contributed by atoms with E-state index in [2.05, 4.69) is 9.88 Å². The Morgan fingerprint density at radius 1 is 1.41 bits per heavy atom. The molecule has 1 aliphatic heterocycles. The number of hydrogen-bond acceptors (Lipinski definition) is 2. The fourth-order valence-corrected chi connectivity index (χ4v) is 2.72. The highest BCUT2D eigenvalue weighted by molar-refractivity contribution is 6.31. The lowest BCUT2D eigenvalue weighted by Crippen LogP contribution is -2.32. The average Bonchev–Trinajstić information content (AvgIpc) is 2.36. The lowest BCUT2D eigenvalue weighted by atomic mass is 10.0. The van der Waals surface area contributed by atoms with E-state index in [9.17, 15) is 4.79 Å². The third kappa shape index (κ3) is 1.58. The van der Waals surface area contributed by atoms with Gasteiger partial charge in [-0.25, -0.2) is 0 Å². The minimum absolute atomic E-state index is 0.114. The van der Waals surface area contributed by atoms with Gasteiger partial charge in [0.1, 0.15) is 0 Å². The number of nitrogens with zero attached hydrogens (tertiary/aromatic N) is 1. The van der Waals surface area contributed by atoms with Crippen LogP contribution in [0.5, 0.6) is 0 Å². The Kier molecular flexibility index (Phi) is 2.45. The van der Waals surface area contributed by atoms with Crippen molar-refractivity contribution in [2.75, 3.05) is 6.54 Å². The van der Waals surface area contributed by atoms with Gasteiger partial charge in [0.25, 0.3) is 0 Å². The Morgan fingerprint density at radius 3 is 3.06 bits per heavy atom. The number of aryl methyl sites for hydroxylation is 1. The van der Waals surface area contributed by atoms with Crippen molar-refractivity contribution in [3.05, 3.63) is 44.7 Å². The molecule has 1 N–H and O–H groups in total. The molecule has 88 valence electrons. The van der Waals surface area contributed by atoms with E-state index >= 15 is 0 Å². The molecule has 0 atom stereocenters. The zero-order valence-corrected chi connectivity index (χ0v) is 10.3. The Labute approximate surface area is 104 Å². The van der Waals surface area contributed by atoms with Gasteiger partial charge in [-0.1, -0.05) is 11.6 Å². The van der Waals surface area contributed by atoms with E-state index in [1.807, 2.05) is 19.2 Å². The van der Waals surface area contributed by atoms with E-state index in [-0.39, 0.29) is 5.43 Å². The maximum absolute atomic E-state index is 12.4. The fourth-order valence-electron chi connectivity index (χ4n) is 2.55. The number of benzene rings is 1. The van der Waals surface area contributed by atoms with Crippen molar-refractivity contribution >= 4 is 22.5 Å². The fraction of sp³-hybridized carbons (Fsp3) is 0.308. The van der Waals surface area contributed by atoms with Crippen LogP contribution < -0.4 is 10.7 Å². The van der Waals surface area contributed by atoms with E-state index in [4.69, 9.17) is 11.6 Å². The summed E-state index contributed by atoms with van der Waals surface area (Å²) in [5, 5.41) is 4.56. The largest absolute Gasteiger partial charge is 0.347 e. The quantitative estimate of drug-likeness (QED) is 0.772. The van der Waals surface area contributed by atoms with E-state index in [1.165, 1.54) is 0 Å². The second kappa shape index (κ2) is 3.86. The lowest BCUT2D eigenvalue weighted by Gasteiger charge is -2.21. The molecule has 0 bridgehead atoms. The molecule has 2 aromatic rings. The molecule has 0 aliphatic carbocycles. The maximum Gasteiger partial charge on any atom is 0.194 e. The van der Waals surface area contributed by atoms with Crippen LogP contribution in [0.25, 0.3) is 10.9 Å². The van der Waals surface area contributed by atoms with Crippen molar-refractivity contribution in [1.82, 2.24) is 9.88 Å². The highest BCUT2D eigenvalue weighted by Gasteiger charge is 2.17. The molecule has 1 aromatic carbocycles. The second-order valence-corrected chi connectivity index (χ2v) is 4.84. The van der Waals surface area contributed by atoms with Crippen molar-refractivity contribution in [2.45, 2.75) is 13.0 Å². The molecule has 0 amide bonds. The van der Waals surface area contributed by atoms with Gasteiger partial charge in [-0.2, -0.15) is 0 Å². The van der Waals surface area contributed by atoms with Crippen LogP contribution in [0.15, 0.2) is 23.0 Å². The van der Waals surface area contributed by atoms with Crippen molar-refractivity contribution in [2.24, 2.45) is 7.05 Å². The Hall–Kier alpha value is -1.32. The molecule has 1 aliphatic rings. The molecular formula is C13H13ClN2O. The molecule has 0 radical (unpaired) electrons. The monoisotopic (exact) mass is 248 g/mol. The lowest BCUT2D eigenvalue weighted by molar-refractivity contribution is 0.607. The Balaban J connectivity index is 2.47. The van der Waals surface area contributed by atoms with Gasteiger partial charge < -0.3 is 9.88 Å². The first-order valence-electron chi connectivity index (χ1n) is 5.69. The summed E-state index contributed by atoms with van der Waals surface area (Å²) in [6.07, 6.45) is 0.902. The first-order chi connectivity index (χ1) is 8.18. The van der Waals surface area contributed by atoms with Gasteiger partial charge in [-0.3, -0.25) is 4.79 Å². The Bertz CT molecular complexity index is 660. The molecule has 3 rings (SSSR count). The molecular weight excluding hydrogens is 236 g/mol. The van der Waals surface area contributed by atoms with Gasteiger partial charge >= 0.3 is 0 Å². The van der Waals surface area contributed by atoms with Gasteiger partial charge in [-0.05, 0) is 18.2 Å². The summed E-state index contributed by atoms with van der Waals surface area (Å²) in [6, 6.07) is 5.51. The van der Waals surface area contributed by atoms with Crippen LogP contribution in [-0.4, -0.2) is 11.1 Å². The van der Waals surface area contributed by atoms with Gasteiger partial charge in [0.15, 0.2) is 5.43 Å². The standard InChI is InChI=1S/C13H13ClN2O/c1-16-11-3-2-8(14)6-9(11)13(17)10-7-15-5-4-12(10)16/h2-3,6,15H,4-5,7H2,1H3. The van der Waals surface area contributed by atoms with Crippen LogP contribution in [-0.2, 0) is 20.0 Å². The van der Waals surface area contributed by atoms with Crippen molar-refractivity contribution in [3.8, 4) is 0 Å². The topological polar surface area (TPSA) is 34.0 Å². The number of pyridine rings is 1. The number of halogens is 1. The number of hydrogen-bond donors (Lipinski definition) is 1. The van der Waals surface area contributed by atoms with Crippen LogP contribution in [0.2, 0.25) is 5.02 Å². The maximum atomic E-state index is 12.4. The number of rotatable bonds is 0. The summed E-state index contributed by atoms with van der Waals surface area (Å²) in [6.45, 7) is 1.59. The zero-order chi connectivity index (χ0) is 12.0. The van der Waals surface area contributed by atoms with Crippen LogP contribution in [0, 0.1) is 0 Å². The minimum Gasteiger partial charge on any atom is -0.347 e. The highest BCUT2D eigenvalue weighted by atomic mass is 35.5.